The quantitative estimate of drug-likeness (QED) is 0.226. The van der Waals surface area contributed by atoms with E-state index in [1.54, 1.807) is 19.2 Å². The lowest BCUT2D eigenvalue weighted by atomic mass is 9.76. The van der Waals surface area contributed by atoms with Gasteiger partial charge in [-0.05, 0) is 36.3 Å². The number of para-hydroxylation sites is 1. The van der Waals surface area contributed by atoms with E-state index < -0.39 is 29.1 Å². The molecule has 0 unspecified atom stereocenters. The fourth-order valence-electron chi connectivity index (χ4n) is 5.81. The molecule has 0 saturated heterocycles. The number of fused-ring (bicyclic) bond motifs is 1. The van der Waals surface area contributed by atoms with Crippen LogP contribution < -0.4 is 5.32 Å². The van der Waals surface area contributed by atoms with Gasteiger partial charge in [-0.3, -0.25) is 29.0 Å². The van der Waals surface area contributed by atoms with Crippen molar-refractivity contribution in [2.24, 2.45) is 29.1 Å². The minimum atomic E-state index is -0.855. The average Bonchev–Trinajstić information content (AvgIpc) is 2.93. The number of ketones is 4. The van der Waals surface area contributed by atoms with Crippen LogP contribution in [0.15, 0.2) is 36.5 Å². The first-order chi connectivity index (χ1) is 19.3. The number of nitrogens with one attached hydrogen (secondary N) is 1. The number of rotatable bonds is 13. The lowest BCUT2D eigenvalue weighted by Gasteiger charge is -2.30. The van der Waals surface area contributed by atoms with Gasteiger partial charge in [0.2, 0.25) is 11.7 Å². The van der Waals surface area contributed by atoms with Crippen molar-refractivity contribution >= 4 is 39.9 Å². The number of carbonyl (C=O) groups excluding carboxylic acids is 5. The zero-order chi connectivity index (χ0) is 30.3. The van der Waals surface area contributed by atoms with Crippen molar-refractivity contribution in [1.29, 1.82) is 0 Å². The molecule has 1 N–H and O–H groups in total. The lowest BCUT2D eigenvalue weighted by Crippen LogP contribution is -2.46. The van der Waals surface area contributed by atoms with Crippen molar-refractivity contribution < 1.29 is 24.0 Å². The monoisotopic (exact) mass is 562 g/mol. The van der Waals surface area contributed by atoms with Crippen LogP contribution in [-0.4, -0.2) is 40.1 Å². The predicted octanol–water partition coefficient (Wildman–Crippen LogP) is 6.31. The van der Waals surface area contributed by atoms with E-state index in [9.17, 15) is 24.0 Å². The van der Waals surface area contributed by atoms with Gasteiger partial charge in [-0.15, -0.1) is 0 Å². The number of aromatic nitrogens is 1. The molecule has 1 aliphatic carbocycles. The molecular formula is C34H46N2O5. The van der Waals surface area contributed by atoms with E-state index >= 15 is 0 Å². The highest BCUT2D eigenvalue weighted by Crippen LogP contribution is 2.32. The summed E-state index contributed by atoms with van der Waals surface area (Å²) in [4.78, 5) is 70.3. The molecule has 41 heavy (non-hydrogen) atoms. The Balaban J connectivity index is 1.66. The predicted molar refractivity (Wildman–Crippen MR) is 160 cm³/mol. The van der Waals surface area contributed by atoms with Gasteiger partial charge < -0.3 is 5.32 Å². The molecule has 1 aromatic heterocycles. The van der Waals surface area contributed by atoms with Gasteiger partial charge in [0.15, 0.2) is 17.3 Å². The van der Waals surface area contributed by atoms with Crippen molar-refractivity contribution in [2.45, 2.75) is 99.0 Å². The number of amides is 1. The van der Waals surface area contributed by atoms with Crippen molar-refractivity contribution in [3.8, 4) is 0 Å². The number of hydrogen-bond acceptors (Lipinski definition) is 6. The first kappa shape index (κ1) is 32.3. The third-order valence-corrected chi connectivity index (χ3v) is 8.58. The maximum absolute atomic E-state index is 13.5. The molecule has 3 atom stereocenters. The summed E-state index contributed by atoms with van der Waals surface area (Å²) in [7, 11) is 0. The summed E-state index contributed by atoms with van der Waals surface area (Å²) < 4.78 is 0. The number of benzene rings is 1. The molecule has 1 saturated carbocycles. The zero-order valence-electron chi connectivity index (χ0n) is 25.5. The molecule has 222 valence electrons. The Morgan fingerprint density at radius 3 is 2.22 bits per heavy atom. The molecule has 0 radical (unpaired) electrons. The van der Waals surface area contributed by atoms with Crippen LogP contribution in [-0.2, 0) is 19.2 Å². The van der Waals surface area contributed by atoms with Gasteiger partial charge in [-0.25, -0.2) is 0 Å². The molecule has 0 aliphatic heterocycles. The largest absolute Gasteiger partial charge is 0.346 e. The van der Waals surface area contributed by atoms with E-state index in [0.29, 0.717) is 11.1 Å². The van der Waals surface area contributed by atoms with Crippen molar-refractivity contribution in [3.63, 3.8) is 0 Å². The summed E-state index contributed by atoms with van der Waals surface area (Å²) in [5.41, 5.74) is 0.673. The van der Waals surface area contributed by atoms with Crippen LogP contribution in [0, 0.1) is 29.1 Å². The fourth-order valence-corrected chi connectivity index (χ4v) is 5.81. The summed E-state index contributed by atoms with van der Waals surface area (Å²) >= 11 is 0. The SMILES string of the molecule is CC(C)[C@H](CC(=O)[C@H](C)NC(=O)[C@@H](CC(=O)c1ccnc2ccccc12)C(C)(C)C)C(=O)C(=O)CC1CCCCC1. The van der Waals surface area contributed by atoms with Crippen molar-refractivity contribution in [3.05, 3.63) is 42.1 Å². The first-order valence-corrected chi connectivity index (χ1v) is 15.1. The number of hydrogen-bond donors (Lipinski definition) is 1. The smallest absolute Gasteiger partial charge is 0.224 e. The zero-order valence-corrected chi connectivity index (χ0v) is 25.5. The molecule has 1 aromatic carbocycles. The molecule has 7 nitrogen and oxygen atoms in total. The second kappa shape index (κ2) is 14.1. The van der Waals surface area contributed by atoms with Gasteiger partial charge in [0.05, 0.1) is 17.5 Å². The number of carbonyl (C=O) groups is 5. The first-order valence-electron chi connectivity index (χ1n) is 15.1. The van der Waals surface area contributed by atoms with Crippen LogP contribution in [0.5, 0.6) is 0 Å². The normalized spacial score (nSPS) is 16.7. The topological polar surface area (TPSA) is 110 Å². The van der Waals surface area contributed by atoms with E-state index in [2.05, 4.69) is 10.3 Å². The number of pyridine rings is 1. The van der Waals surface area contributed by atoms with Gasteiger partial charge in [0.1, 0.15) is 0 Å². The molecule has 0 spiro atoms. The van der Waals surface area contributed by atoms with E-state index in [1.165, 1.54) is 6.42 Å². The maximum Gasteiger partial charge on any atom is 0.224 e. The van der Waals surface area contributed by atoms with Gasteiger partial charge in [0, 0.05) is 42.3 Å². The Kier molecular flexibility index (Phi) is 11.1. The fraction of sp³-hybridized carbons (Fsp3) is 0.588. The molecule has 1 aliphatic rings. The minimum Gasteiger partial charge on any atom is -0.346 e. The van der Waals surface area contributed by atoms with Crippen LogP contribution in [0.1, 0.15) is 103 Å². The molecule has 2 aromatic rings. The molecule has 1 fully saturated rings. The molecular weight excluding hydrogens is 516 g/mol. The second-order valence-electron chi connectivity index (χ2n) is 13.2. The lowest BCUT2D eigenvalue weighted by molar-refractivity contribution is -0.142. The van der Waals surface area contributed by atoms with Crippen LogP contribution in [0.25, 0.3) is 10.9 Å². The number of Topliss-reactive ketones (excluding diaryl/α,β-unsaturated/α-hetero) is 4. The van der Waals surface area contributed by atoms with Crippen LogP contribution in [0.2, 0.25) is 0 Å². The van der Waals surface area contributed by atoms with Crippen LogP contribution in [0.4, 0.5) is 0 Å². The summed E-state index contributed by atoms with van der Waals surface area (Å²) in [6.07, 6.45) is 7.04. The maximum atomic E-state index is 13.5. The number of nitrogens with zero attached hydrogens (tertiary/aromatic N) is 1. The molecule has 0 bridgehead atoms. The molecule has 1 amide bonds. The van der Waals surface area contributed by atoms with Gasteiger partial charge in [-0.1, -0.05) is 84.9 Å². The third-order valence-electron chi connectivity index (χ3n) is 8.58. The van der Waals surface area contributed by atoms with Crippen molar-refractivity contribution in [2.75, 3.05) is 0 Å². The molecule has 7 heteroatoms. The van der Waals surface area contributed by atoms with Crippen LogP contribution >= 0.6 is 0 Å². The highest BCUT2D eigenvalue weighted by molar-refractivity contribution is 6.38. The minimum absolute atomic E-state index is 0.0208. The van der Waals surface area contributed by atoms with Crippen molar-refractivity contribution in [1.82, 2.24) is 10.3 Å². The van der Waals surface area contributed by atoms with Crippen LogP contribution in [0.3, 0.4) is 0 Å². The Morgan fingerprint density at radius 1 is 0.927 bits per heavy atom. The Hall–Kier alpha value is -3.22. The summed E-state index contributed by atoms with van der Waals surface area (Å²) in [5.74, 6) is -3.02. The summed E-state index contributed by atoms with van der Waals surface area (Å²) in [6, 6.07) is 8.21. The second-order valence-corrected chi connectivity index (χ2v) is 13.2. The highest BCUT2D eigenvalue weighted by Gasteiger charge is 2.36. The average molecular weight is 563 g/mol. The van der Waals surface area contributed by atoms with E-state index in [-0.39, 0.29) is 54.4 Å². The van der Waals surface area contributed by atoms with Gasteiger partial charge >= 0.3 is 0 Å². The van der Waals surface area contributed by atoms with Gasteiger partial charge in [-0.2, -0.15) is 0 Å². The summed E-state index contributed by atoms with van der Waals surface area (Å²) in [6.45, 7) is 11.0. The Bertz CT molecular complexity index is 1260. The van der Waals surface area contributed by atoms with E-state index in [1.807, 2.05) is 58.9 Å². The Morgan fingerprint density at radius 2 is 1.59 bits per heavy atom. The molecule has 3 rings (SSSR count). The molecule has 1 heterocycles. The van der Waals surface area contributed by atoms with E-state index in [0.717, 1.165) is 31.1 Å². The summed E-state index contributed by atoms with van der Waals surface area (Å²) in [5, 5.41) is 3.54. The third kappa shape index (κ3) is 8.64. The Labute approximate surface area is 244 Å². The highest BCUT2D eigenvalue weighted by atomic mass is 16.2. The standard InChI is InChI=1S/C34H46N2O5/c1-21(2)26(32(40)31(39)18-23-12-8-7-9-13-23)19-29(37)22(3)36-33(41)27(34(4,5)6)20-30(38)25-16-17-35-28-15-11-10-14-24(25)28/h10-11,14-17,21-23,26-27H,7-9,12-13,18-20H2,1-6H3,(H,36,41)/t22-,26-,27+/m0/s1. The van der Waals surface area contributed by atoms with Gasteiger partial charge in [0.25, 0.3) is 0 Å². The van der Waals surface area contributed by atoms with E-state index in [4.69, 9.17) is 0 Å².